The number of fused-ring (bicyclic) bond motifs is 1. The number of hydrogen-bond acceptors (Lipinski definition) is 0. The fraction of sp³-hybridized carbons (Fsp3) is 0.167. The van der Waals surface area contributed by atoms with E-state index in [4.69, 9.17) is 0 Å². The first-order valence-electron chi connectivity index (χ1n) is 4.49. The third-order valence-corrected chi connectivity index (χ3v) is 3.26. The van der Waals surface area contributed by atoms with Crippen LogP contribution in [0.4, 0.5) is 0 Å². The Morgan fingerprint density at radius 2 is 1.85 bits per heavy atom. The van der Waals surface area contributed by atoms with Crippen LogP contribution in [-0.4, -0.2) is 0 Å². The zero-order chi connectivity index (χ0) is 9.26. The number of hydrogen-bond donors (Lipinski definition) is 0. The molecule has 0 N–H and O–H groups in total. The zero-order valence-corrected chi connectivity index (χ0v) is 9.14. The van der Waals surface area contributed by atoms with E-state index in [1.54, 1.807) is 0 Å². The van der Waals surface area contributed by atoms with E-state index in [2.05, 4.69) is 59.3 Å². The molecule has 1 heteroatoms. The third-order valence-electron chi connectivity index (χ3n) is 2.32. The van der Waals surface area contributed by atoms with Crippen molar-refractivity contribution in [3.05, 3.63) is 46.4 Å². The zero-order valence-electron chi connectivity index (χ0n) is 7.55. The van der Waals surface area contributed by atoms with Gasteiger partial charge in [-0.1, -0.05) is 43.3 Å². The largest absolute Gasteiger partial charge is 0.0616 e. The standard InChI is InChI=1S/C12H11Br/c1-2-9-7-8-10-5-3-4-6-11(10)12(9)13/h3-8H,2H2,1H3. The van der Waals surface area contributed by atoms with E-state index in [0.29, 0.717) is 0 Å². The highest BCUT2D eigenvalue weighted by molar-refractivity contribution is 9.10. The molecular formula is C12H11Br. The minimum atomic E-state index is 1.07. The Bertz CT molecular complexity index is 432. The summed E-state index contributed by atoms with van der Waals surface area (Å²) in [4.78, 5) is 0. The second kappa shape index (κ2) is 3.51. The number of rotatable bonds is 1. The van der Waals surface area contributed by atoms with Gasteiger partial charge in [0.15, 0.2) is 0 Å². The van der Waals surface area contributed by atoms with Gasteiger partial charge >= 0.3 is 0 Å². The van der Waals surface area contributed by atoms with Crippen molar-refractivity contribution >= 4 is 26.7 Å². The van der Waals surface area contributed by atoms with Crippen LogP contribution in [0.15, 0.2) is 40.9 Å². The predicted octanol–water partition coefficient (Wildman–Crippen LogP) is 4.16. The van der Waals surface area contributed by atoms with Crippen LogP contribution in [-0.2, 0) is 6.42 Å². The fourth-order valence-corrected chi connectivity index (χ4v) is 2.33. The van der Waals surface area contributed by atoms with E-state index >= 15 is 0 Å². The second-order valence-electron chi connectivity index (χ2n) is 3.11. The van der Waals surface area contributed by atoms with Gasteiger partial charge in [0, 0.05) is 4.47 Å². The van der Waals surface area contributed by atoms with Crippen LogP contribution in [0.25, 0.3) is 10.8 Å². The molecule has 0 nitrogen and oxygen atoms in total. The molecule has 0 fully saturated rings. The Hall–Kier alpha value is -0.820. The Labute approximate surface area is 86.7 Å². The second-order valence-corrected chi connectivity index (χ2v) is 3.91. The Kier molecular flexibility index (Phi) is 2.36. The molecule has 0 aliphatic rings. The lowest BCUT2D eigenvalue weighted by atomic mass is 10.1. The molecule has 0 radical (unpaired) electrons. The Balaban J connectivity index is 2.79. The highest BCUT2D eigenvalue weighted by Crippen LogP contribution is 2.27. The van der Waals surface area contributed by atoms with Crippen LogP contribution >= 0.6 is 15.9 Å². The molecule has 0 bridgehead atoms. The Morgan fingerprint density at radius 1 is 1.08 bits per heavy atom. The van der Waals surface area contributed by atoms with Gasteiger partial charge in [-0.15, -0.1) is 0 Å². The van der Waals surface area contributed by atoms with Crippen molar-refractivity contribution in [3.8, 4) is 0 Å². The summed E-state index contributed by atoms with van der Waals surface area (Å²) in [5.74, 6) is 0. The lowest BCUT2D eigenvalue weighted by molar-refractivity contribution is 1.13. The molecule has 2 aromatic rings. The van der Waals surface area contributed by atoms with Gasteiger partial charge in [-0.2, -0.15) is 0 Å². The maximum atomic E-state index is 3.64. The predicted molar refractivity (Wildman–Crippen MR) is 61.0 cm³/mol. The molecule has 0 aromatic heterocycles. The van der Waals surface area contributed by atoms with Gasteiger partial charge < -0.3 is 0 Å². The molecule has 2 aromatic carbocycles. The third kappa shape index (κ3) is 1.49. The quantitative estimate of drug-likeness (QED) is 0.696. The van der Waals surface area contributed by atoms with Crippen molar-refractivity contribution < 1.29 is 0 Å². The molecule has 0 aliphatic carbocycles. The molecule has 0 heterocycles. The Morgan fingerprint density at radius 3 is 2.62 bits per heavy atom. The van der Waals surface area contributed by atoms with Crippen molar-refractivity contribution in [2.24, 2.45) is 0 Å². The van der Waals surface area contributed by atoms with E-state index in [1.165, 1.54) is 20.8 Å². The van der Waals surface area contributed by atoms with Crippen LogP contribution in [0.5, 0.6) is 0 Å². The van der Waals surface area contributed by atoms with E-state index < -0.39 is 0 Å². The molecule has 0 aliphatic heterocycles. The first-order chi connectivity index (χ1) is 6.33. The van der Waals surface area contributed by atoms with Crippen molar-refractivity contribution in [1.29, 1.82) is 0 Å². The molecule has 2 rings (SSSR count). The van der Waals surface area contributed by atoms with E-state index in [1.807, 2.05) is 0 Å². The molecule has 0 saturated carbocycles. The summed E-state index contributed by atoms with van der Waals surface area (Å²) in [6.45, 7) is 2.18. The van der Waals surface area contributed by atoms with E-state index in [-0.39, 0.29) is 0 Å². The average molecular weight is 235 g/mol. The summed E-state index contributed by atoms with van der Waals surface area (Å²) in [5, 5.41) is 2.61. The van der Waals surface area contributed by atoms with Gasteiger partial charge in [-0.05, 0) is 38.7 Å². The van der Waals surface area contributed by atoms with Gasteiger partial charge in [-0.25, -0.2) is 0 Å². The fourth-order valence-electron chi connectivity index (χ4n) is 1.55. The molecule has 0 atom stereocenters. The molecule has 0 amide bonds. The summed E-state index contributed by atoms with van der Waals surface area (Å²) in [6, 6.07) is 12.8. The lowest BCUT2D eigenvalue weighted by Gasteiger charge is -2.05. The van der Waals surface area contributed by atoms with Crippen molar-refractivity contribution in [2.45, 2.75) is 13.3 Å². The summed E-state index contributed by atoms with van der Waals surface area (Å²) in [5.41, 5.74) is 1.37. The SMILES string of the molecule is CCc1ccc2ccccc2c1Br. The van der Waals surface area contributed by atoms with Crippen LogP contribution in [0.3, 0.4) is 0 Å². The van der Waals surface area contributed by atoms with Crippen LogP contribution in [0, 0.1) is 0 Å². The minimum Gasteiger partial charge on any atom is -0.0616 e. The highest BCUT2D eigenvalue weighted by Gasteiger charge is 2.01. The van der Waals surface area contributed by atoms with Gasteiger partial charge in [0.1, 0.15) is 0 Å². The van der Waals surface area contributed by atoms with Crippen molar-refractivity contribution in [3.63, 3.8) is 0 Å². The first kappa shape index (κ1) is 8.76. The molecule has 66 valence electrons. The highest BCUT2D eigenvalue weighted by atomic mass is 79.9. The summed E-state index contributed by atoms with van der Waals surface area (Å²) < 4.78 is 1.24. The molecule has 0 unspecified atom stereocenters. The average Bonchev–Trinajstić information content (AvgIpc) is 2.19. The van der Waals surface area contributed by atoms with Gasteiger partial charge in [-0.3, -0.25) is 0 Å². The summed E-state index contributed by atoms with van der Waals surface area (Å²) >= 11 is 3.64. The summed E-state index contributed by atoms with van der Waals surface area (Å²) in [7, 11) is 0. The molecule has 0 spiro atoms. The van der Waals surface area contributed by atoms with Crippen LogP contribution < -0.4 is 0 Å². The molecule has 13 heavy (non-hydrogen) atoms. The van der Waals surface area contributed by atoms with Crippen LogP contribution in [0.1, 0.15) is 12.5 Å². The van der Waals surface area contributed by atoms with Gasteiger partial charge in [0.2, 0.25) is 0 Å². The van der Waals surface area contributed by atoms with Gasteiger partial charge in [0.25, 0.3) is 0 Å². The van der Waals surface area contributed by atoms with Crippen LogP contribution in [0.2, 0.25) is 0 Å². The number of halogens is 1. The molecular weight excluding hydrogens is 224 g/mol. The van der Waals surface area contributed by atoms with E-state index in [0.717, 1.165) is 6.42 Å². The normalized spacial score (nSPS) is 10.6. The maximum absolute atomic E-state index is 3.64. The lowest BCUT2D eigenvalue weighted by Crippen LogP contribution is -1.83. The maximum Gasteiger partial charge on any atom is 0.0285 e. The summed E-state index contributed by atoms with van der Waals surface area (Å²) in [6.07, 6.45) is 1.07. The van der Waals surface area contributed by atoms with Crippen molar-refractivity contribution in [1.82, 2.24) is 0 Å². The van der Waals surface area contributed by atoms with Crippen molar-refractivity contribution in [2.75, 3.05) is 0 Å². The monoisotopic (exact) mass is 234 g/mol. The minimum absolute atomic E-state index is 1.07. The smallest absolute Gasteiger partial charge is 0.0285 e. The van der Waals surface area contributed by atoms with Gasteiger partial charge in [0.05, 0.1) is 0 Å². The van der Waals surface area contributed by atoms with E-state index in [9.17, 15) is 0 Å². The number of benzene rings is 2. The number of aryl methyl sites for hydroxylation is 1. The molecule has 0 saturated heterocycles. The topological polar surface area (TPSA) is 0 Å². The first-order valence-corrected chi connectivity index (χ1v) is 5.28.